The molecule has 2 aromatic heterocycles. The van der Waals surface area contributed by atoms with E-state index < -0.39 is 12.2 Å². The fourth-order valence-corrected chi connectivity index (χ4v) is 3.93. The molecule has 0 saturated heterocycles. The summed E-state index contributed by atoms with van der Waals surface area (Å²) in [5.74, 6) is -0.0735. The molecule has 0 amide bonds. The Balaban J connectivity index is 2.07. The lowest BCUT2D eigenvalue weighted by molar-refractivity contribution is 0.140. The maximum atomic E-state index is 12.7. The van der Waals surface area contributed by atoms with Gasteiger partial charge in [-0.2, -0.15) is 5.26 Å². The van der Waals surface area contributed by atoms with E-state index in [0.717, 1.165) is 17.7 Å². The molecule has 1 fully saturated rings. The Bertz CT molecular complexity index is 669. The predicted molar refractivity (Wildman–Crippen MR) is 72.9 cm³/mol. The number of halogens is 2. The minimum atomic E-state index is -2.74. The topological polar surface area (TPSA) is 49.6 Å². The van der Waals surface area contributed by atoms with Gasteiger partial charge in [-0.1, -0.05) is 19.3 Å². The Kier molecular flexibility index (Phi) is 3.62. The van der Waals surface area contributed by atoms with Crippen LogP contribution in [0, 0.1) is 11.3 Å². The molecule has 3 rings (SSSR count). The van der Waals surface area contributed by atoms with Crippen LogP contribution in [0.25, 0.3) is 10.2 Å². The van der Waals surface area contributed by atoms with E-state index in [9.17, 15) is 8.78 Å². The molecule has 0 aromatic carbocycles. The van der Waals surface area contributed by atoms with Crippen LogP contribution in [0.15, 0.2) is 6.07 Å². The summed E-state index contributed by atoms with van der Waals surface area (Å²) < 4.78 is 25.5. The largest absolute Gasteiger partial charge is 0.297 e. The lowest BCUT2D eigenvalue weighted by Crippen LogP contribution is -2.02. The van der Waals surface area contributed by atoms with Gasteiger partial charge >= 0.3 is 0 Å². The van der Waals surface area contributed by atoms with Gasteiger partial charge in [0.15, 0.2) is 11.5 Å². The zero-order valence-corrected chi connectivity index (χ0v) is 11.6. The first kappa shape index (κ1) is 13.4. The summed E-state index contributed by atoms with van der Waals surface area (Å²) >= 11 is 1.43. The molecule has 20 heavy (non-hydrogen) atoms. The van der Waals surface area contributed by atoms with Crippen LogP contribution in [-0.4, -0.2) is 9.97 Å². The molecule has 0 bridgehead atoms. The second-order valence-corrected chi connectivity index (χ2v) is 6.11. The van der Waals surface area contributed by atoms with Crippen molar-refractivity contribution in [2.75, 3.05) is 0 Å². The Morgan fingerprint density at radius 2 is 2.00 bits per heavy atom. The molecule has 0 spiro atoms. The number of hydrogen-bond acceptors (Lipinski definition) is 4. The number of nitriles is 1. The highest BCUT2D eigenvalue weighted by Crippen LogP contribution is 2.39. The minimum absolute atomic E-state index is 0.0589. The van der Waals surface area contributed by atoms with E-state index in [1.165, 1.54) is 30.6 Å². The maximum Gasteiger partial charge on any atom is 0.297 e. The number of alkyl halides is 2. The maximum absolute atomic E-state index is 12.7. The van der Waals surface area contributed by atoms with Crippen molar-refractivity contribution in [1.29, 1.82) is 5.26 Å². The van der Waals surface area contributed by atoms with Gasteiger partial charge in [-0.15, -0.1) is 11.3 Å². The molecular formula is C14H13F2N3S. The smallest absolute Gasteiger partial charge is 0.216 e. The quantitative estimate of drug-likeness (QED) is 0.816. The van der Waals surface area contributed by atoms with E-state index in [-0.39, 0.29) is 5.69 Å². The predicted octanol–water partition coefficient (Wildman–Crippen LogP) is 4.55. The average molecular weight is 293 g/mol. The Morgan fingerprint density at radius 1 is 1.25 bits per heavy atom. The van der Waals surface area contributed by atoms with Gasteiger partial charge < -0.3 is 0 Å². The summed E-state index contributed by atoms with van der Waals surface area (Å²) in [5.41, 5.74) is 0.0589. The molecule has 2 aromatic rings. The Hall–Kier alpha value is -1.61. The molecule has 0 N–H and O–H groups in total. The highest BCUT2D eigenvalue weighted by molar-refractivity contribution is 7.18. The first-order valence-electron chi connectivity index (χ1n) is 6.68. The first-order chi connectivity index (χ1) is 9.69. The van der Waals surface area contributed by atoms with Crippen molar-refractivity contribution in [1.82, 2.24) is 9.97 Å². The number of rotatable bonds is 2. The number of nitrogens with zero attached hydrogens (tertiary/aromatic N) is 3. The van der Waals surface area contributed by atoms with Crippen LogP contribution in [0.5, 0.6) is 0 Å². The van der Waals surface area contributed by atoms with Gasteiger partial charge in [-0.25, -0.2) is 18.7 Å². The molecule has 0 radical (unpaired) electrons. The molecule has 2 heterocycles. The number of aromatic nitrogens is 2. The number of thiophene rings is 1. The zero-order chi connectivity index (χ0) is 14.1. The molecule has 6 heteroatoms. The van der Waals surface area contributed by atoms with Gasteiger partial charge in [-0.3, -0.25) is 0 Å². The van der Waals surface area contributed by atoms with Gasteiger partial charge in [0.2, 0.25) is 0 Å². The molecule has 0 atom stereocenters. The number of fused-ring (bicyclic) bond motifs is 1. The lowest BCUT2D eigenvalue weighted by Gasteiger charge is -2.19. The van der Waals surface area contributed by atoms with E-state index in [1.807, 2.05) is 12.1 Å². The van der Waals surface area contributed by atoms with E-state index in [2.05, 4.69) is 9.97 Å². The van der Waals surface area contributed by atoms with Crippen molar-refractivity contribution in [3.63, 3.8) is 0 Å². The summed E-state index contributed by atoms with van der Waals surface area (Å²) in [6, 6.07) is 3.82. The summed E-state index contributed by atoms with van der Waals surface area (Å²) in [7, 11) is 0. The molecule has 1 aliphatic rings. The minimum Gasteiger partial charge on any atom is -0.216 e. The SMILES string of the molecule is N#Cc1nc(C(F)F)nc2sc(C3CCCCC3)cc12. The van der Waals surface area contributed by atoms with E-state index >= 15 is 0 Å². The molecule has 104 valence electrons. The van der Waals surface area contributed by atoms with Gasteiger partial charge in [0.05, 0.1) is 0 Å². The highest BCUT2D eigenvalue weighted by Gasteiger charge is 2.21. The van der Waals surface area contributed by atoms with Crippen LogP contribution >= 0.6 is 11.3 Å². The second-order valence-electron chi connectivity index (χ2n) is 5.05. The van der Waals surface area contributed by atoms with Gasteiger partial charge in [0, 0.05) is 10.3 Å². The van der Waals surface area contributed by atoms with E-state index in [0.29, 0.717) is 16.1 Å². The van der Waals surface area contributed by atoms with Crippen molar-refractivity contribution >= 4 is 21.6 Å². The lowest BCUT2D eigenvalue weighted by atomic mass is 9.88. The summed E-state index contributed by atoms with van der Waals surface area (Å²) in [6.07, 6.45) is 3.19. The van der Waals surface area contributed by atoms with Crippen LogP contribution in [-0.2, 0) is 0 Å². The van der Waals surface area contributed by atoms with Crippen LogP contribution < -0.4 is 0 Å². The molecular weight excluding hydrogens is 280 g/mol. The highest BCUT2D eigenvalue weighted by atomic mass is 32.1. The van der Waals surface area contributed by atoms with Crippen molar-refractivity contribution in [3.8, 4) is 6.07 Å². The third kappa shape index (κ3) is 2.38. The number of hydrogen-bond donors (Lipinski definition) is 0. The Labute approximate surface area is 119 Å². The molecule has 1 aliphatic carbocycles. The van der Waals surface area contributed by atoms with E-state index in [4.69, 9.17) is 5.26 Å². The fourth-order valence-electron chi connectivity index (χ4n) is 2.73. The van der Waals surface area contributed by atoms with E-state index in [1.54, 1.807) is 0 Å². The van der Waals surface area contributed by atoms with Crippen molar-refractivity contribution in [3.05, 3.63) is 22.5 Å². The first-order valence-corrected chi connectivity index (χ1v) is 7.50. The van der Waals surface area contributed by atoms with Crippen molar-refractivity contribution < 1.29 is 8.78 Å². The van der Waals surface area contributed by atoms with Gasteiger partial charge in [-0.05, 0) is 24.8 Å². The monoisotopic (exact) mass is 293 g/mol. The van der Waals surface area contributed by atoms with Crippen LogP contribution in [0.4, 0.5) is 8.78 Å². The molecule has 0 unspecified atom stereocenters. The van der Waals surface area contributed by atoms with Crippen LogP contribution in [0.3, 0.4) is 0 Å². The summed E-state index contributed by atoms with van der Waals surface area (Å²) in [4.78, 5) is 9.22. The van der Waals surface area contributed by atoms with Gasteiger partial charge in [0.1, 0.15) is 10.9 Å². The van der Waals surface area contributed by atoms with Crippen LogP contribution in [0.2, 0.25) is 0 Å². The summed E-state index contributed by atoms with van der Waals surface area (Å²) in [5, 5.41) is 9.69. The molecule has 3 nitrogen and oxygen atoms in total. The normalized spacial score (nSPS) is 16.7. The van der Waals surface area contributed by atoms with Crippen molar-refractivity contribution in [2.24, 2.45) is 0 Å². The molecule has 1 saturated carbocycles. The third-order valence-electron chi connectivity index (χ3n) is 3.74. The summed E-state index contributed by atoms with van der Waals surface area (Å²) in [6.45, 7) is 0. The standard InChI is InChI=1S/C14H13F2N3S/c15-12(16)13-18-10(7-17)9-6-11(20-14(9)19-13)8-4-2-1-3-5-8/h6,8,12H,1-5H2. The average Bonchev–Trinajstić information content (AvgIpc) is 2.91. The van der Waals surface area contributed by atoms with Gasteiger partial charge in [0.25, 0.3) is 6.43 Å². The van der Waals surface area contributed by atoms with Crippen LogP contribution in [0.1, 0.15) is 60.8 Å². The zero-order valence-electron chi connectivity index (χ0n) is 10.8. The molecule has 0 aliphatic heterocycles. The van der Waals surface area contributed by atoms with Crippen molar-refractivity contribution in [2.45, 2.75) is 44.4 Å². The second kappa shape index (κ2) is 5.41. The Morgan fingerprint density at radius 3 is 2.65 bits per heavy atom. The fraction of sp³-hybridized carbons (Fsp3) is 0.500. The third-order valence-corrected chi connectivity index (χ3v) is 4.93.